The SMILES string of the molecule is Clc1ccc(OCc2cn3ccccc3n2)cn1. The first kappa shape index (κ1) is 11.0. The van der Waals surface area contributed by atoms with Crippen LogP contribution in [0.2, 0.25) is 5.15 Å². The predicted octanol–water partition coefficient (Wildman–Crippen LogP) is 2.96. The number of hydrogen-bond acceptors (Lipinski definition) is 3. The fraction of sp³-hybridized carbons (Fsp3) is 0.0769. The van der Waals surface area contributed by atoms with Crippen molar-refractivity contribution in [1.82, 2.24) is 14.4 Å². The van der Waals surface area contributed by atoms with Gasteiger partial charge in [0.05, 0.1) is 11.9 Å². The summed E-state index contributed by atoms with van der Waals surface area (Å²) in [5.74, 6) is 0.677. The summed E-state index contributed by atoms with van der Waals surface area (Å²) in [4.78, 5) is 8.39. The number of fused-ring (bicyclic) bond motifs is 1. The number of hydrogen-bond donors (Lipinski definition) is 0. The lowest BCUT2D eigenvalue weighted by molar-refractivity contribution is 0.301. The van der Waals surface area contributed by atoms with Crippen molar-refractivity contribution >= 4 is 17.2 Å². The molecule has 4 nitrogen and oxygen atoms in total. The summed E-state index contributed by atoms with van der Waals surface area (Å²) in [6, 6.07) is 9.34. The molecule has 5 heteroatoms. The number of nitrogens with zero attached hydrogens (tertiary/aromatic N) is 3. The Labute approximate surface area is 109 Å². The molecule has 0 saturated carbocycles. The molecule has 0 N–H and O–H groups in total. The monoisotopic (exact) mass is 259 g/mol. The average molecular weight is 260 g/mol. The topological polar surface area (TPSA) is 39.4 Å². The van der Waals surface area contributed by atoms with Crippen LogP contribution in [0.1, 0.15) is 5.69 Å². The van der Waals surface area contributed by atoms with Crippen molar-refractivity contribution in [2.24, 2.45) is 0 Å². The van der Waals surface area contributed by atoms with Gasteiger partial charge < -0.3 is 9.14 Å². The standard InChI is InChI=1S/C13H10ClN3O/c14-12-5-4-11(7-15-12)18-9-10-8-17-6-2-1-3-13(17)16-10/h1-8H,9H2. The highest BCUT2D eigenvalue weighted by Gasteiger charge is 2.02. The molecule has 0 aliphatic rings. The van der Waals surface area contributed by atoms with E-state index in [1.54, 1.807) is 18.3 Å². The van der Waals surface area contributed by atoms with E-state index in [1.807, 2.05) is 35.0 Å². The van der Waals surface area contributed by atoms with Crippen LogP contribution in [0.25, 0.3) is 5.65 Å². The molecule has 0 fully saturated rings. The summed E-state index contributed by atoms with van der Waals surface area (Å²) in [6.45, 7) is 0.408. The fourth-order valence-corrected chi connectivity index (χ4v) is 1.77. The molecule has 3 aromatic heterocycles. The minimum atomic E-state index is 0.408. The second-order valence-corrected chi connectivity index (χ2v) is 4.19. The molecule has 3 heterocycles. The minimum absolute atomic E-state index is 0.408. The van der Waals surface area contributed by atoms with Crippen LogP contribution in [0.3, 0.4) is 0 Å². The summed E-state index contributed by atoms with van der Waals surface area (Å²) in [5.41, 5.74) is 1.78. The van der Waals surface area contributed by atoms with Crippen molar-refractivity contribution in [2.45, 2.75) is 6.61 Å². The summed E-state index contributed by atoms with van der Waals surface area (Å²) >= 11 is 5.70. The molecule has 3 rings (SSSR count). The molecule has 0 atom stereocenters. The molecule has 0 unspecified atom stereocenters. The van der Waals surface area contributed by atoms with Crippen molar-refractivity contribution in [2.75, 3.05) is 0 Å². The molecule has 0 aliphatic heterocycles. The average Bonchev–Trinajstić information content (AvgIpc) is 2.81. The number of ether oxygens (including phenoxy) is 1. The fourth-order valence-electron chi connectivity index (χ4n) is 1.66. The molecule has 0 radical (unpaired) electrons. The Morgan fingerprint density at radius 3 is 2.94 bits per heavy atom. The zero-order valence-corrected chi connectivity index (χ0v) is 10.2. The Morgan fingerprint density at radius 2 is 2.17 bits per heavy atom. The number of pyridine rings is 2. The minimum Gasteiger partial charge on any atom is -0.486 e. The lowest BCUT2D eigenvalue weighted by Gasteiger charge is -2.02. The van der Waals surface area contributed by atoms with Gasteiger partial charge in [0.1, 0.15) is 23.2 Å². The van der Waals surface area contributed by atoms with Crippen molar-refractivity contribution in [3.05, 3.63) is 59.8 Å². The highest BCUT2D eigenvalue weighted by molar-refractivity contribution is 6.29. The second kappa shape index (κ2) is 4.66. The quantitative estimate of drug-likeness (QED) is 0.679. The molecule has 0 aliphatic carbocycles. The largest absolute Gasteiger partial charge is 0.486 e. The highest BCUT2D eigenvalue weighted by atomic mass is 35.5. The first-order chi connectivity index (χ1) is 8.81. The number of aromatic nitrogens is 3. The van der Waals surface area contributed by atoms with Crippen LogP contribution in [-0.4, -0.2) is 14.4 Å². The van der Waals surface area contributed by atoms with Gasteiger partial charge in [-0.25, -0.2) is 9.97 Å². The van der Waals surface area contributed by atoms with Gasteiger partial charge in [-0.3, -0.25) is 0 Å². The van der Waals surface area contributed by atoms with Gasteiger partial charge in [0, 0.05) is 12.4 Å². The van der Waals surface area contributed by atoms with Gasteiger partial charge in [-0.15, -0.1) is 0 Å². The molecule has 18 heavy (non-hydrogen) atoms. The Kier molecular flexibility index (Phi) is 2.86. The predicted molar refractivity (Wildman–Crippen MR) is 68.8 cm³/mol. The first-order valence-corrected chi connectivity index (χ1v) is 5.86. The van der Waals surface area contributed by atoms with Gasteiger partial charge in [0.15, 0.2) is 0 Å². The van der Waals surface area contributed by atoms with Crippen LogP contribution in [0.15, 0.2) is 48.9 Å². The van der Waals surface area contributed by atoms with E-state index in [1.165, 1.54) is 0 Å². The number of halogens is 1. The lowest BCUT2D eigenvalue weighted by Crippen LogP contribution is -1.95. The van der Waals surface area contributed by atoms with Crippen molar-refractivity contribution in [3.63, 3.8) is 0 Å². The smallest absolute Gasteiger partial charge is 0.138 e. The van der Waals surface area contributed by atoms with Gasteiger partial charge in [0.2, 0.25) is 0 Å². The molecular formula is C13H10ClN3O. The van der Waals surface area contributed by atoms with Gasteiger partial charge in [-0.1, -0.05) is 17.7 Å². The zero-order chi connectivity index (χ0) is 12.4. The van der Waals surface area contributed by atoms with Crippen molar-refractivity contribution < 1.29 is 4.74 Å². The van der Waals surface area contributed by atoms with Crippen LogP contribution in [0, 0.1) is 0 Å². The summed E-state index contributed by atoms with van der Waals surface area (Å²) in [7, 11) is 0. The molecule has 0 aromatic carbocycles. The molecule has 0 amide bonds. The van der Waals surface area contributed by atoms with Gasteiger partial charge in [-0.2, -0.15) is 0 Å². The number of rotatable bonds is 3. The van der Waals surface area contributed by atoms with Crippen LogP contribution in [-0.2, 0) is 6.61 Å². The van der Waals surface area contributed by atoms with E-state index in [-0.39, 0.29) is 0 Å². The van der Waals surface area contributed by atoms with E-state index in [0.717, 1.165) is 11.3 Å². The van der Waals surface area contributed by atoms with Crippen molar-refractivity contribution in [3.8, 4) is 5.75 Å². The third-order valence-corrected chi connectivity index (χ3v) is 2.72. The zero-order valence-electron chi connectivity index (χ0n) is 9.45. The van der Waals surface area contributed by atoms with E-state index in [4.69, 9.17) is 16.3 Å². The summed E-state index contributed by atoms with van der Waals surface area (Å²) in [5, 5.41) is 0.454. The Hall–Kier alpha value is -2.07. The Morgan fingerprint density at radius 1 is 1.22 bits per heavy atom. The van der Waals surface area contributed by atoms with E-state index in [9.17, 15) is 0 Å². The molecule has 0 saturated heterocycles. The molecule has 90 valence electrons. The van der Waals surface area contributed by atoms with Gasteiger partial charge in [-0.05, 0) is 24.3 Å². The van der Waals surface area contributed by atoms with Crippen LogP contribution < -0.4 is 4.74 Å². The molecule has 0 spiro atoms. The maximum absolute atomic E-state index is 5.70. The maximum Gasteiger partial charge on any atom is 0.138 e. The van der Waals surface area contributed by atoms with Gasteiger partial charge in [0.25, 0.3) is 0 Å². The van der Waals surface area contributed by atoms with Crippen molar-refractivity contribution in [1.29, 1.82) is 0 Å². The van der Waals surface area contributed by atoms with Crippen LogP contribution >= 0.6 is 11.6 Å². The normalized spacial score (nSPS) is 10.7. The third kappa shape index (κ3) is 2.28. The highest BCUT2D eigenvalue weighted by Crippen LogP contribution is 2.14. The number of imidazole rings is 1. The van der Waals surface area contributed by atoms with Gasteiger partial charge >= 0.3 is 0 Å². The van der Waals surface area contributed by atoms with E-state index in [2.05, 4.69) is 9.97 Å². The Balaban J connectivity index is 1.74. The molecule has 0 bridgehead atoms. The van der Waals surface area contributed by atoms with E-state index >= 15 is 0 Å². The first-order valence-electron chi connectivity index (χ1n) is 5.48. The van der Waals surface area contributed by atoms with Crippen LogP contribution in [0.4, 0.5) is 0 Å². The molecular weight excluding hydrogens is 250 g/mol. The Bertz CT molecular complexity index is 630. The summed E-state index contributed by atoms with van der Waals surface area (Å²) in [6.07, 6.45) is 5.49. The lowest BCUT2D eigenvalue weighted by atomic mass is 10.4. The maximum atomic E-state index is 5.70. The third-order valence-electron chi connectivity index (χ3n) is 2.50. The summed E-state index contributed by atoms with van der Waals surface area (Å²) < 4.78 is 7.54. The van der Waals surface area contributed by atoms with Crippen LogP contribution in [0.5, 0.6) is 5.75 Å². The molecule has 3 aromatic rings. The van der Waals surface area contributed by atoms with E-state index in [0.29, 0.717) is 17.5 Å². The second-order valence-electron chi connectivity index (χ2n) is 3.80. The van der Waals surface area contributed by atoms with E-state index < -0.39 is 0 Å².